The van der Waals surface area contributed by atoms with Crippen LogP contribution in [-0.2, 0) is 13.1 Å². The van der Waals surface area contributed by atoms with Crippen LogP contribution in [0.4, 0.5) is 0 Å². The van der Waals surface area contributed by atoms with Gasteiger partial charge in [-0.1, -0.05) is 33.6 Å². The van der Waals surface area contributed by atoms with Crippen molar-refractivity contribution >= 4 is 0 Å². The maximum Gasteiger partial charge on any atom is 0.118 e. The van der Waals surface area contributed by atoms with Gasteiger partial charge in [0.1, 0.15) is 11.5 Å². The number of piperidine rings is 1. The molecule has 2 heterocycles. The number of furan rings is 1. The van der Waals surface area contributed by atoms with E-state index in [2.05, 4.69) is 44.0 Å². The van der Waals surface area contributed by atoms with Gasteiger partial charge in [-0.3, -0.25) is 4.90 Å². The summed E-state index contributed by atoms with van der Waals surface area (Å²) in [5.74, 6) is 2.16. The lowest BCUT2D eigenvalue weighted by Crippen LogP contribution is -2.39. The third-order valence-electron chi connectivity index (χ3n) is 5.43. The molecule has 21 heavy (non-hydrogen) atoms. The molecule has 3 heteroatoms. The first-order valence-electron chi connectivity index (χ1n) is 8.63. The average Bonchev–Trinajstić information content (AvgIpc) is 2.86. The van der Waals surface area contributed by atoms with Crippen LogP contribution in [0.5, 0.6) is 0 Å². The summed E-state index contributed by atoms with van der Waals surface area (Å²) < 4.78 is 5.85. The van der Waals surface area contributed by atoms with Gasteiger partial charge in [0.15, 0.2) is 0 Å². The number of hydrogen-bond donors (Lipinski definition) is 1. The molecule has 0 aromatic carbocycles. The Kier molecular flexibility index (Phi) is 5.88. The van der Waals surface area contributed by atoms with E-state index < -0.39 is 0 Å². The summed E-state index contributed by atoms with van der Waals surface area (Å²) in [5.41, 5.74) is 1.97. The van der Waals surface area contributed by atoms with E-state index in [1.54, 1.807) is 0 Å². The first kappa shape index (κ1) is 16.6. The fraction of sp³-hybridized carbons (Fsp3) is 0.778. The van der Waals surface area contributed by atoms with Gasteiger partial charge >= 0.3 is 0 Å². The highest BCUT2D eigenvalue weighted by Crippen LogP contribution is 2.38. The number of nitrogens with one attached hydrogen (secondary N) is 1. The third-order valence-corrected chi connectivity index (χ3v) is 5.43. The Labute approximate surface area is 130 Å². The Morgan fingerprint density at radius 2 is 1.86 bits per heavy atom. The van der Waals surface area contributed by atoms with E-state index in [0.717, 1.165) is 31.2 Å². The Morgan fingerprint density at radius 1 is 1.19 bits per heavy atom. The summed E-state index contributed by atoms with van der Waals surface area (Å²) in [5, 5.41) is 3.33. The van der Waals surface area contributed by atoms with E-state index in [9.17, 15) is 0 Å². The van der Waals surface area contributed by atoms with Crippen LogP contribution in [0.3, 0.4) is 0 Å². The van der Waals surface area contributed by atoms with Crippen molar-refractivity contribution in [2.24, 2.45) is 5.41 Å². The van der Waals surface area contributed by atoms with Gasteiger partial charge in [0.2, 0.25) is 0 Å². The molecular weight excluding hydrogens is 260 g/mol. The van der Waals surface area contributed by atoms with E-state index in [1.807, 2.05) is 0 Å². The fourth-order valence-corrected chi connectivity index (χ4v) is 3.46. The van der Waals surface area contributed by atoms with Gasteiger partial charge in [-0.05, 0) is 50.9 Å². The molecule has 0 unspecified atom stereocenters. The Bertz CT molecular complexity index is 424. The monoisotopic (exact) mass is 292 g/mol. The number of nitrogens with zero attached hydrogens (tertiary/aromatic N) is 1. The van der Waals surface area contributed by atoms with Crippen LogP contribution in [0.25, 0.3) is 0 Å². The first-order chi connectivity index (χ1) is 10.1. The zero-order valence-electron chi connectivity index (χ0n) is 14.3. The van der Waals surface area contributed by atoms with Crippen LogP contribution in [0.15, 0.2) is 10.5 Å². The normalized spacial score (nSPS) is 19.0. The summed E-state index contributed by atoms with van der Waals surface area (Å²) in [6.45, 7) is 14.3. The molecule has 1 aromatic rings. The van der Waals surface area contributed by atoms with Crippen LogP contribution in [0.2, 0.25) is 0 Å². The van der Waals surface area contributed by atoms with Crippen molar-refractivity contribution in [2.75, 3.05) is 19.6 Å². The summed E-state index contributed by atoms with van der Waals surface area (Å²) in [7, 11) is 0. The van der Waals surface area contributed by atoms with Gasteiger partial charge < -0.3 is 9.73 Å². The Hall–Kier alpha value is -0.800. The third kappa shape index (κ3) is 4.10. The lowest BCUT2D eigenvalue weighted by atomic mass is 9.74. The second-order valence-corrected chi connectivity index (χ2v) is 6.56. The van der Waals surface area contributed by atoms with Gasteiger partial charge in [0.05, 0.1) is 6.54 Å². The van der Waals surface area contributed by atoms with Crippen molar-refractivity contribution in [2.45, 2.75) is 66.5 Å². The van der Waals surface area contributed by atoms with Gasteiger partial charge in [0, 0.05) is 12.1 Å². The molecule has 1 aromatic heterocycles. The van der Waals surface area contributed by atoms with Crippen molar-refractivity contribution < 1.29 is 4.42 Å². The minimum atomic E-state index is 0.609. The minimum Gasteiger partial charge on any atom is -0.465 e. The molecule has 0 radical (unpaired) electrons. The SMILES string of the molecule is CCNCc1cc(CN2CCC(CC)(CC)CC2)c(C)o1. The molecule has 0 bridgehead atoms. The van der Waals surface area contributed by atoms with Crippen molar-refractivity contribution in [3.05, 3.63) is 23.2 Å². The zero-order valence-corrected chi connectivity index (χ0v) is 14.3. The summed E-state index contributed by atoms with van der Waals surface area (Å²) in [6.07, 6.45) is 5.35. The summed E-state index contributed by atoms with van der Waals surface area (Å²) >= 11 is 0. The number of aryl methyl sites for hydroxylation is 1. The number of likely N-dealkylation sites (tertiary alicyclic amines) is 1. The molecule has 3 nitrogen and oxygen atoms in total. The fourth-order valence-electron chi connectivity index (χ4n) is 3.46. The lowest BCUT2D eigenvalue weighted by molar-refractivity contribution is 0.0906. The van der Waals surface area contributed by atoms with Gasteiger partial charge in [0.25, 0.3) is 0 Å². The maximum atomic E-state index is 5.85. The molecule has 1 N–H and O–H groups in total. The van der Waals surface area contributed by atoms with Gasteiger partial charge in [-0.15, -0.1) is 0 Å². The standard InChI is InChI=1S/C18H32N2O/c1-5-18(6-2)8-10-20(11-9-18)14-16-12-17(13-19-7-3)21-15(16)4/h12,19H,5-11,13-14H2,1-4H3. The zero-order chi connectivity index (χ0) is 15.3. The lowest BCUT2D eigenvalue weighted by Gasteiger charge is -2.41. The molecule has 0 atom stereocenters. The van der Waals surface area contributed by atoms with Crippen LogP contribution >= 0.6 is 0 Å². The maximum absolute atomic E-state index is 5.85. The van der Waals surface area contributed by atoms with E-state index >= 15 is 0 Å². The van der Waals surface area contributed by atoms with Crippen molar-refractivity contribution in [1.82, 2.24) is 10.2 Å². The second kappa shape index (κ2) is 7.46. The topological polar surface area (TPSA) is 28.4 Å². The molecule has 1 fully saturated rings. The molecule has 1 aliphatic heterocycles. The largest absolute Gasteiger partial charge is 0.465 e. The van der Waals surface area contributed by atoms with Gasteiger partial charge in [-0.25, -0.2) is 0 Å². The van der Waals surface area contributed by atoms with Crippen molar-refractivity contribution in [3.8, 4) is 0 Å². The van der Waals surface area contributed by atoms with Crippen molar-refractivity contribution in [1.29, 1.82) is 0 Å². The second-order valence-electron chi connectivity index (χ2n) is 6.56. The van der Waals surface area contributed by atoms with E-state index in [1.165, 1.54) is 44.3 Å². The molecule has 0 amide bonds. The molecule has 0 spiro atoms. The summed E-state index contributed by atoms with van der Waals surface area (Å²) in [4.78, 5) is 2.60. The highest BCUT2D eigenvalue weighted by Gasteiger charge is 2.31. The summed E-state index contributed by atoms with van der Waals surface area (Å²) in [6, 6.07) is 2.24. The van der Waals surface area contributed by atoms with E-state index in [0.29, 0.717) is 5.41 Å². The molecule has 0 saturated carbocycles. The molecule has 1 aliphatic rings. The number of hydrogen-bond acceptors (Lipinski definition) is 3. The van der Waals surface area contributed by atoms with Crippen LogP contribution in [-0.4, -0.2) is 24.5 Å². The number of rotatable bonds is 7. The van der Waals surface area contributed by atoms with Crippen LogP contribution < -0.4 is 5.32 Å². The molecule has 2 rings (SSSR count). The van der Waals surface area contributed by atoms with E-state index in [4.69, 9.17) is 4.42 Å². The predicted molar refractivity (Wildman–Crippen MR) is 88.4 cm³/mol. The Morgan fingerprint density at radius 3 is 2.43 bits per heavy atom. The highest BCUT2D eigenvalue weighted by molar-refractivity contribution is 5.20. The van der Waals surface area contributed by atoms with Crippen LogP contribution in [0.1, 0.15) is 63.5 Å². The molecule has 120 valence electrons. The van der Waals surface area contributed by atoms with E-state index in [-0.39, 0.29) is 0 Å². The minimum absolute atomic E-state index is 0.609. The average molecular weight is 292 g/mol. The predicted octanol–water partition coefficient (Wildman–Crippen LogP) is 4.10. The van der Waals surface area contributed by atoms with Gasteiger partial charge in [-0.2, -0.15) is 0 Å². The van der Waals surface area contributed by atoms with Crippen molar-refractivity contribution in [3.63, 3.8) is 0 Å². The molecule has 0 aliphatic carbocycles. The molecule has 1 saturated heterocycles. The van der Waals surface area contributed by atoms with Crippen LogP contribution in [0, 0.1) is 12.3 Å². The quantitative estimate of drug-likeness (QED) is 0.820. The smallest absolute Gasteiger partial charge is 0.118 e. The first-order valence-corrected chi connectivity index (χ1v) is 8.63. The highest BCUT2D eigenvalue weighted by atomic mass is 16.3. The Balaban J connectivity index is 1.90. The molecular formula is C18H32N2O.